The maximum atomic E-state index is 12.7. The lowest BCUT2D eigenvalue weighted by Crippen LogP contribution is -2.21. The number of thiophene rings is 1. The zero-order valence-electron chi connectivity index (χ0n) is 16.7. The number of pyridine rings is 1. The molecular weight excluding hydrogens is 390 g/mol. The molecule has 5 nitrogen and oxygen atoms in total. The van der Waals surface area contributed by atoms with Crippen molar-refractivity contribution in [2.24, 2.45) is 0 Å². The highest BCUT2D eigenvalue weighted by Crippen LogP contribution is 2.37. The van der Waals surface area contributed by atoms with Gasteiger partial charge in [0.25, 0.3) is 0 Å². The monoisotopic (exact) mass is 417 g/mol. The van der Waals surface area contributed by atoms with Gasteiger partial charge in [0.05, 0.1) is 12.2 Å². The molecule has 1 aliphatic rings. The van der Waals surface area contributed by atoms with Crippen LogP contribution in [0, 0.1) is 13.8 Å². The molecule has 0 unspecified atom stereocenters. The minimum absolute atomic E-state index is 0.268. The molecule has 1 aliphatic carbocycles. The highest BCUT2D eigenvalue weighted by atomic mass is 32.1. The van der Waals surface area contributed by atoms with E-state index in [9.17, 15) is 4.79 Å². The van der Waals surface area contributed by atoms with Crippen molar-refractivity contribution in [3.8, 4) is 0 Å². The third-order valence-corrected chi connectivity index (χ3v) is 6.13. The summed E-state index contributed by atoms with van der Waals surface area (Å²) in [7, 11) is 0. The van der Waals surface area contributed by atoms with Gasteiger partial charge in [-0.3, -0.25) is 0 Å². The molecule has 150 valence electrons. The lowest BCUT2D eigenvalue weighted by atomic mass is 9.96. The smallest absolute Gasteiger partial charge is 0.341 e. The fourth-order valence-electron chi connectivity index (χ4n) is 3.58. The number of hydrogen-bond donors (Lipinski definition) is 2. The first-order chi connectivity index (χ1) is 13.5. The summed E-state index contributed by atoms with van der Waals surface area (Å²) in [5, 5.41) is 7.57. The quantitative estimate of drug-likeness (QED) is 0.513. The standard InChI is InChI=1S/C21H27N3O2S2/c1-4-26-20(25)18-15-9-7-5-6-8-10-16(15)28-19(18)24-21(27)23-17-12-13(2)11-14(3)22-17/h11-12H,4-10H2,1-3H3,(H2,22,23,24,27). The lowest BCUT2D eigenvalue weighted by molar-refractivity contribution is 0.0526. The number of anilines is 2. The van der Waals surface area contributed by atoms with Crippen molar-refractivity contribution in [2.75, 3.05) is 17.2 Å². The number of nitrogens with zero attached hydrogens (tertiary/aromatic N) is 1. The molecule has 2 N–H and O–H groups in total. The first-order valence-electron chi connectivity index (χ1n) is 9.83. The molecule has 0 radical (unpaired) electrons. The largest absolute Gasteiger partial charge is 0.462 e. The van der Waals surface area contributed by atoms with Crippen molar-refractivity contribution in [2.45, 2.75) is 59.3 Å². The molecule has 7 heteroatoms. The Morgan fingerprint density at radius 3 is 2.64 bits per heavy atom. The van der Waals surface area contributed by atoms with Crippen molar-refractivity contribution >= 4 is 45.5 Å². The van der Waals surface area contributed by atoms with Gasteiger partial charge in [-0.2, -0.15) is 0 Å². The van der Waals surface area contributed by atoms with E-state index in [1.807, 2.05) is 32.9 Å². The van der Waals surface area contributed by atoms with Crippen LogP contribution in [-0.4, -0.2) is 22.7 Å². The van der Waals surface area contributed by atoms with Gasteiger partial charge >= 0.3 is 5.97 Å². The number of rotatable bonds is 4. The molecule has 0 aliphatic heterocycles. The summed E-state index contributed by atoms with van der Waals surface area (Å²) in [6.07, 6.45) is 6.63. The molecule has 0 saturated heterocycles. The maximum Gasteiger partial charge on any atom is 0.341 e. The highest BCUT2D eigenvalue weighted by molar-refractivity contribution is 7.80. The van der Waals surface area contributed by atoms with Crippen LogP contribution >= 0.6 is 23.6 Å². The molecule has 0 fully saturated rings. The van der Waals surface area contributed by atoms with Crippen LogP contribution in [0.15, 0.2) is 12.1 Å². The molecule has 0 amide bonds. The molecule has 3 rings (SSSR count). The van der Waals surface area contributed by atoms with Gasteiger partial charge in [0, 0.05) is 10.6 Å². The van der Waals surface area contributed by atoms with Crippen LogP contribution in [0.3, 0.4) is 0 Å². The van der Waals surface area contributed by atoms with Gasteiger partial charge in [0.15, 0.2) is 5.11 Å². The number of aromatic nitrogens is 1. The average Bonchev–Trinajstić information content (AvgIpc) is 2.90. The van der Waals surface area contributed by atoms with Crippen LogP contribution in [0.25, 0.3) is 0 Å². The second-order valence-electron chi connectivity index (χ2n) is 7.09. The number of fused-ring (bicyclic) bond motifs is 1. The minimum Gasteiger partial charge on any atom is -0.462 e. The Bertz CT molecular complexity index is 857. The van der Waals surface area contributed by atoms with Gasteiger partial charge in [-0.05, 0) is 81.9 Å². The minimum atomic E-state index is -0.268. The molecule has 2 heterocycles. The van der Waals surface area contributed by atoms with E-state index < -0.39 is 0 Å². The van der Waals surface area contributed by atoms with E-state index in [0.29, 0.717) is 23.1 Å². The Morgan fingerprint density at radius 2 is 1.93 bits per heavy atom. The summed E-state index contributed by atoms with van der Waals surface area (Å²) in [5.74, 6) is 0.429. The molecule has 0 atom stereocenters. The van der Waals surface area contributed by atoms with E-state index in [4.69, 9.17) is 17.0 Å². The van der Waals surface area contributed by atoms with Crippen molar-refractivity contribution in [1.29, 1.82) is 0 Å². The van der Waals surface area contributed by atoms with Crippen LogP contribution in [0.2, 0.25) is 0 Å². The van der Waals surface area contributed by atoms with Gasteiger partial charge in [-0.15, -0.1) is 11.3 Å². The van der Waals surface area contributed by atoms with E-state index in [1.54, 1.807) is 11.3 Å². The Morgan fingerprint density at radius 1 is 1.18 bits per heavy atom. The van der Waals surface area contributed by atoms with E-state index in [0.717, 1.165) is 47.5 Å². The Kier molecular flexibility index (Phi) is 7.02. The van der Waals surface area contributed by atoms with E-state index >= 15 is 0 Å². The predicted molar refractivity (Wildman–Crippen MR) is 120 cm³/mol. The van der Waals surface area contributed by atoms with Crippen molar-refractivity contribution < 1.29 is 9.53 Å². The Labute approximate surface area is 175 Å². The fraction of sp³-hybridized carbons (Fsp3) is 0.476. The maximum absolute atomic E-state index is 12.7. The number of esters is 1. The molecule has 0 bridgehead atoms. The third kappa shape index (κ3) is 5.08. The van der Waals surface area contributed by atoms with Crippen LogP contribution in [0.4, 0.5) is 10.8 Å². The summed E-state index contributed by atoms with van der Waals surface area (Å²) in [6.45, 7) is 6.17. The van der Waals surface area contributed by atoms with Crippen molar-refractivity contribution in [3.63, 3.8) is 0 Å². The highest BCUT2D eigenvalue weighted by Gasteiger charge is 2.25. The van der Waals surface area contributed by atoms with Gasteiger partial charge < -0.3 is 15.4 Å². The van der Waals surface area contributed by atoms with Crippen molar-refractivity contribution in [1.82, 2.24) is 4.98 Å². The second-order valence-corrected chi connectivity index (χ2v) is 8.61. The predicted octanol–water partition coefficient (Wildman–Crippen LogP) is 5.40. The summed E-state index contributed by atoms with van der Waals surface area (Å²) in [4.78, 5) is 18.4. The summed E-state index contributed by atoms with van der Waals surface area (Å²) in [6, 6.07) is 3.96. The van der Waals surface area contributed by atoms with Gasteiger partial charge in [-0.1, -0.05) is 12.8 Å². The molecule has 0 saturated carbocycles. The third-order valence-electron chi connectivity index (χ3n) is 4.72. The first-order valence-corrected chi connectivity index (χ1v) is 11.1. The lowest BCUT2D eigenvalue weighted by Gasteiger charge is -2.13. The topological polar surface area (TPSA) is 63.2 Å². The zero-order chi connectivity index (χ0) is 20.1. The first kappa shape index (κ1) is 20.7. The summed E-state index contributed by atoms with van der Waals surface area (Å²) in [5.41, 5.74) is 3.83. The SMILES string of the molecule is CCOC(=O)c1c(NC(=S)Nc2cc(C)cc(C)n2)sc2c1CCCCCC2. The van der Waals surface area contributed by atoms with Crippen LogP contribution in [0.1, 0.15) is 64.7 Å². The Hall–Kier alpha value is -1.99. The molecular formula is C21H27N3O2S2. The zero-order valence-corrected chi connectivity index (χ0v) is 18.3. The number of nitrogens with one attached hydrogen (secondary N) is 2. The van der Waals surface area contributed by atoms with Crippen LogP contribution in [-0.2, 0) is 17.6 Å². The fourth-order valence-corrected chi connectivity index (χ4v) is 5.14. The normalized spacial score (nSPS) is 13.8. The number of aryl methyl sites for hydroxylation is 3. The van der Waals surface area contributed by atoms with Gasteiger partial charge in [0.2, 0.25) is 0 Å². The van der Waals surface area contributed by atoms with E-state index in [2.05, 4.69) is 15.6 Å². The van der Waals surface area contributed by atoms with Crippen molar-refractivity contribution in [3.05, 3.63) is 39.4 Å². The van der Waals surface area contributed by atoms with Gasteiger partial charge in [-0.25, -0.2) is 9.78 Å². The van der Waals surface area contributed by atoms with Gasteiger partial charge in [0.1, 0.15) is 10.8 Å². The molecule has 28 heavy (non-hydrogen) atoms. The molecule has 2 aromatic heterocycles. The summed E-state index contributed by atoms with van der Waals surface area (Å²) < 4.78 is 5.35. The molecule has 0 aromatic carbocycles. The number of carbonyl (C=O) groups is 1. The average molecular weight is 418 g/mol. The molecule has 2 aromatic rings. The second kappa shape index (κ2) is 9.47. The van der Waals surface area contributed by atoms with E-state index in [-0.39, 0.29) is 5.97 Å². The van der Waals surface area contributed by atoms with E-state index in [1.165, 1.54) is 17.7 Å². The Balaban J connectivity index is 1.86. The number of hydrogen-bond acceptors (Lipinski definition) is 5. The number of thiocarbonyl (C=S) groups is 1. The number of ether oxygens (including phenoxy) is 1. The van der Waals surface area contributed by atoms with Crippen LogP contribution in [0.5, 0.6) is 0 Å². The molecule has 0 spiro atoms. The van der Waals surface area contributed by atoms with Crippen LogP contribution < -0.4 is 10.6 Å². The number of carbonyl (C=O) groups excluding carboxylic acids is 1. The summed E-state index contributed by atoms with van der Waals surface area (Å²) >= 11 is 7.13.